The highest BCUT2D eigenvalue weighted by molar-refractivity contribution is 7.20. The van der Waals surface area contributed by atoms with Gasteiger partial charge in [-0.3, -0.25) is 14.5 Å². The van der Waals surface area contributed by atoms with E-state index in [4.69, 9.17) is 0 Å². The van der Waals surface area contributed by atoms with E-state index in [0.29, 0.717) is 26.9 Å². The Hall–Kier alpha value is -1.99. The molecule has 30 heavy (non-hydrogen) atoms. The minimum Gasteiger partial charge on any atom is -0.331 e. The number of likely N-dealkylation sites (tertiary alicyclic amines) is 1. The van der Waals surface area contributed by atoms with Gasteiger partial charge in [-0.15, -0.1) is 11.3 Å². The van der Waals surface area contributed by atoms with Gasteiger partial charge >= 0.3 is 0 Å². The molecule has 0 saturated carbocycles. The van der Waals surface area contributed by atoms with Gasteiger partial charge in [0.05, 0.1) is 22.6 Å². The Balaban J connectivity index is 1.37. The van der Waals surface area contributed by atoms with Crippen LogP contribution in [0.25, 0.3) is 10.2 Å². The predicted molar refractivity (Wildman–Crippen MR) is 118 cm³/mol. The van der Waals surface area contributed by atoms with Gasteiger partial charge in [0.25, 0.3) is 11.5 Å². The molecule has 7 heteroatoms. The number of nitrogens with one attached hydrogen (secondary N) is 1. The highest BCUT2D eigenvalue weighted by Crippen LogP contribution is 2.45. The van der Waals surface area contributed by atoms with Gasteiger partial charge in [0.2, 0.25) is 0 Å². The Labute approximate surface area is 180 Å². The second-order valence-electron chi connectivity index (χ2n) is 9.47. The van der Waals surface area contributed by atoms with E-state index >= 15 is 0 Å². The van der Waals surface area contributed by atoms with E-state index in [-0.39, 0.29) is 17.5 Å². The number of nitrogens with zero attached hydrogens (tertiary/aromatic N) is 3. The fraction of sp³-hybridized carbons (Fsp3) is 0.609. The number of H-pyrrole nitrogens is 1. The molecule has 0 spiro atoms. The first-order valence-electron chi connectivity index (χ1n) is 11.3. The molecule has 3 saturated heterocycles. The summed E-state index contributed by atoms with van der Waals surface area (Å²) in [6.07, 6.45) is 11.3. The molecule has 4 aliphatic rings. The third-order valence-electron chi connectivity index (χ3n) is 7.85. The van der Waals surface area contributed by atoms with Crippen LogP contribution in [-0.2, 0) is 0 Å². The Bertz CT molecular complexity index is 1100. The molecule has 3 fully saturated rings. The van der Waals surface area contributed by atoms with Crippen LogP contribution in [-0.4, -0.2) is 57.4 Å². The third-order valence-corrected chi connectivity index (χ3v) is 9.03. The average Bonchev–Trinajstić information content (AvgIpc) is 3.10. The van der Waals surface area contributed by atoms with E-state index in [9.17, 15) is 9.59 Å². The van der Waals surface area contributed by atoms with Crippen molar-refractivity contribution < 1.29 is 4.79 Å². The molecule has 1 N–H and O–H groups in total. The number of piperidine rings is 3. The van der Waals surface area contributed by atoms with Crippen molar-refractivity contribution in [3.8, 4) is 0 Å². The van der Waals surface area contributed by atoms with E-state index in [1.54, 1.807) is 0 Å². The predicted octanol–water partition coefficient (Wildman–Crippen LogP) is 3.33. The molecule has 4 atom stereocenters. The van der Waals surface area contributed by atoms with Crippen molar-refractivity contribution >= 4 is 27.5 Å². The van der Waals surface area contributed by atoms with E-state index in [1.165, 1.54) is 55.5 Å². The molecule has 0 radical (unpaired) electrons. The number of carbonyl (C=O) groups is 1. The van der Waals surface area contributed by atoms with E-state index in [1.807, 2.05) is 6.92 Å². The van der Waals surface area contributed by atoms with Crippen molar-refractivity contribution in [2.45, 2.75) is 57.5 Å². The molecule has 2 aromatic heterocycles. The molecule has 1 amide bonds. The third kappa shape index (κ3) is 2.74. The number of rotatable bonds is 1. The van der Waals surface area contributed by atoms with Crippen LogP contribution < -0.4 is 5.56 Å². The van der Waals surface area contributed by atoms with Crippen LogP contribution in [0.15, 0.2) is 22.8 Å². The monoisotopic (exact) mass is 424 g/mol. The highest BCUT2D eigenvalue weighted by atomic mass is 32.1. The summed E-state index contributed by atoms with van der Waals surface area (Å²) in [5.74, 6) is 1.29. The van der Waals surface area contributed by atoms with Crippen molar-refractivity contribution in [1.29, 1.82) is 0 Å². The number of aromatic nitrogens is 2. The molecular formula is C23H28N4O2S. The summed E-state index contributed by atoms with van der Waals surface area (Å²) in [6, 6.07) is 0.943. The zero-order valence-electron chi connectivity index (χ0n) is 17.4. The Kier molecular flexibility index (Phi) is 4.39. The molecule has 0 aromatic carbocycles. The quantitative estimate of drug-likeness (QED) is 0.713. The molecule has 5 heterocycles. The molecule has 158 valence electrons. The SMILES string of the molecule is Cc1c(C(=O)N2CCCC3=C[C@H]4C[C@@H](CN5CCCC[C@H]45)[C@@H]32)sc2nc[nH]c(=O)c12. The van der Waals surface area contributed by atoms with E-state index in [0.717, 1.165) is 37.5 Å². The largest absolute Gasteiger partial charge is 0.331 e. The van der Waals surface area contributed by atoms with Crippen molar-refractivity contribution in [2.24, 2.45) is 11.8 Å². The molecule has 2 bridgehead atoms. The maximum Gasteiger partial charge on any atom is 0.264 e. The number of thiophene rings is 1. The molecule has 6 nitrogen and oxygen atoms in total. The first-order valence-corrected chi connectivity index (χ1v) is 12.2. The van der Waals surface area contributed by atoms with Gasteiger partial charge in [-0.05, 0) is 63.0 Å². The summed E-state index contributed by atoms with van der Waals surface area (Å²) in [5.41, 5.74) is 2.12. The fourth-order valence-corrected chi connectivity index (χ4v) is 7.72. The summed E-state index contributed by atoms with van der Waals surface area (Å²) in [5, 5.41) is 0.566. The minimum absolute atomic E-state index is 0.0877. The van der Waals surface area contributed by atoms with Gasteiger partial charge in [0.15, 0.2) is 0 Å². The van der Waals surface area contributed by atoms with Crippen molar-refractivity contribution in [2.75, 3.05) is 19.6 Å². The minimum atomic E-state index is -0.157. The molecular weight excluding hydrogens is 396 g/mol. The Morgan fingerprint density at radius 3 is 3.03 bits per heavy atom. The van der Waals surface area contributed by atoms with E-state index in [2.05, 4.69) is 25.8 Å². The zero-order valence-corrected chi connectivity index (χ0v) is 18.2. The fourth-order valence-electron chi connectivity index (χ4n) is 6.61. The second kappa shape index (κ2) is 7.02. The van der Waals surface area contributed by atoms with Gasteiger partial charge in [-0.2, -0.15) is 0 Å². The number of aryl methyl sites for hydroxylation is 1. The zero-order chi connectivity index (χ0) is 20.4. The number of aromatic amines is 1. The topological polar surface area (TPSA) is 69.3 Å². The van der Waals surface area contributed by atoms with Crippen molar-refractivity contribution in [3.63, 3.8) is 0 Å². The van der Waals surface area contributed by atoms with Crippen LogP contribution in [0.2, 0.25) is 0 Å². The first-order chi connectivity index (χ1) is 14.6. The van der Waals surface area contributed by atoms with E-state index < -0.39 is 0 Å². The summed E-state index contributed by atoms with van der Waals surface area (Å²) < 4.78 is 0. The maximum absolute atomic E-state index is 13.8. The molecule has 1 aliphatic carbocycles. The van der Waals surface area contributed by atoms with Crippen LogP contribution in [0, 0.1) is 18.8 Å². The summed E-state index contributed by atoms with van der Waals surface area (Å²) in [4.78, 5) is 39.2. The Morgan fingerprint density at radius 2 is 2.17 bits per heavy atom. The van der Waals surface area contributed by atoms with Crippen LogP contribution >= 0.6 is 11.3 Å². The number of fused-ring (bicyclic) bond motifs is 7. The number of hydrogen-bond acceptors (Lipinski definition) is 5. The van der Waals surface area contributed by atoms with Crippen LogP contribution in [0.1, 0.15) is 53.8 Å². The normalized spacial score (nSPS) is 31.2. The van der Waals surface area contributed by atoms with Gasteiger partial charge in [-0.25, -0.2) is 4.98 Å². The lowest BCUT2D eigenvalue weighted by atomic mass is 9.68. The summed E-state index contributed by atoms with van der Waals surface area (Å²) in [6.45, 7) is 5.04. The van der Waals surface area contributed by atoms with Gasteiger partial charge in [-0.1, -0.05) is 18.1 Å². The van der Waals surface area contributed by atoms with Crippen LogP contribution in [0.4, 0.5) is 0 Å². The number of amides is 1. The lowest BCUT2D eigenvalue weighted by Crippen LogP contribution is -2.60. The Morgan fingerprint density at radius 1 is 1.27 bits per heavy atom. The number of carbonyl (C=O) groups excluding carboxylic acids is 1. The van der Waals surface area contributed by atoms with Crippen molar-refractivity contribution in [1.82, 2.24) is 19.8 Å². The lowest BCUT2D eigenvalue weighted by Gasteiger charge is -2.54. The van der Waals surface area contributed by atoms with Gasteiger partial charge in [0, 0.05) is 19.1 Å². The summed E-state index contributed by atoms with van der Waals surface area (Å²) >= 11 is 1.37. The molecule has 3 aliphatic heterocycles. The van der Waals surface area contributed by atoms with Crippen molar-refractivity contribution in [3.05, 3.63) is 38.8 Å². The molecule has 0 unspecified atom stereocenters. The second-order valence-corrected chi connectivity index (χ2v) is 10.5. The molecule has 2 aromatic rings. The average molecular weight is 425 g/mol. The maximum atomic E-state index is 13.8. The van der Waals surface area contributed by atoms with Gasteiger partial charge in [0.1, 0.15) is 4.83 Å². The molecule has 6 rings (SSSR count). The lowest BCUT2D eigenvalue weighted by molar-refractivity contribution is 0.00160. The van der Waals surface area contributed by atoms with Crippen LogP contribution in [0.5, 0.6) is 0 Å². The van der Waals surface area contributed by atoms with Crippen LogP contribution in [0.3, 0.4) is 0 Å². The smallest absolute Gasteiger partial charge is 0.264 e. The summed E-state index contributed by atoms with van der Waals surface area (Å²) in [7, 11) is 0. The first kappa shape index (κ1) is 18.8. The standard InChI is InChI=1S/C23H28N4O2S/c1-13-18-21(28)24-12-25-22(18)30-20(13)23(29)27-8-4-5-14-9-15-10-16(19(14)27)11-26-7-3-2-6-17(15)26/h9,12,15-17,19H,2-8,10-11H2,1H3,(H,24,25,28)/t15-,16-,17+,19+/m0/s1. The highest BCUT2D eigenvalue weighted by Gasteiger charge is 2.47. The number of hydrogen-bond donors (Lipinski definition) is 1. The van der Waals surface area contributed by atoms with Gasteiger partial charge < -0.3 is 9.88 Å².